The number of hydrogen-bond donors (Lipinski definition) is 0. The monoisotopic (exact) mass is 612 g/mol. The van der Waals surface area contributed by atoms with Gasteiger partial charge in [0.05, 0.1) is 16.9 Å². The van der Waals surface area contributed by atoms with E-state index in [4.69, 9.17) is 4.98 Å². The third kappa shape index (κ3) is 4.88. The summed E-state index contributed by atoms with van der Waals surface area (Å²) in [4.78, 5) is 18.2. The van der Waals surface area contributed by atoms with E-state index in [0.717, 1.165) is 44.5 Å². The van der Waals surface area contributed by atoms with Crippen LogP contribution in [0.1, 0.15) is 0 Å². The molecule has 0 spiro atoms. The second-order valence-corrected chi connectivity index (χ2v) is 11.9. The maximum absolute atomic E-state index is 5.05. The van der Waals surface area contributed by atoms with E-state index in [-0.39, 0.29) is 0 Å². The summed E-state index contributed by atoms with van der Waals surface area (Å²) in [5, 5.41) is 5.94. The number of aromatic nitrogens is 4. The highest BCUT2D eigenvalue weighted by Crippen LogP contribution is 2.39. The van der Waals surface area contributed by atoms with Crippen LogP contribution in [0.3, 0.4) is 0 Å². The molecule has 9 rings (SSSR count). The fourth-order valence-electron chi connectivity index (χ4n) is 6.81. The van der Waals surface area contributed by atoms with Crippen molar-refractivity contribution in [2.45, 2.75) is 0 Å². The van der Waals surface area contributed by atoms with Crippen LogP contribution in [0, 0.1) is 0 Å². The second kappa shape index (κ2) is 11.7. The summed E-state index contributed by atoms with van der Waals surface area (Å²) in [6.07, 6.45) is 9.11. The van der Waals surface area contributed by atoms with Gasteiger partial charge in [0.1, 0.15) is 0 Å². The van der Waals surface area contributed by atoms with Crippen molar-refractivity contribution in [3.05, 3.63) is 171 Å². The molecule has 0 radical (unpaired) electrons. The normalized spacial score (nSPS) is 11.3. The van der Waals surface area contributed by atoms with E-state index in [2.05, 4.69) is 124 Å². The van der Waals surface area contributed by atoms with Crippen LogP contribution in [-0.4, -0.2) is 19.9 Å². The van der Waals surface area contributed by atoms with E-state index in [0.29, 0.717) is 0 Å². The average molecular weight is 613 g/mol. The molecule has 4 heterocycles. The molecule has 0 aliphatic carbocycles. The third-order valence-corrected chi connectivity index (χ3v) is 9.15. The van der Waals surface area contributed by atoms with Gasteiger partial charge in [-0.3, -0.25) is 15.0 Å². The zero-order valence-electron chi connectivity index (χ0n) is 26.0. The van der Waals surface area contributed by atoms with Crippen LogP contribution in [0.5, 0.6) is 0 Å². The molecule has 0 N–H and O–H groups in total. The fraction of sp³-hybridized carbons (Fsp3) is 0. The molecule has 0 aliphatic heterocycles. The summed E-state index contributed by atoms with van der Waals surface area (Å²) >= 11 is 0. The first-order chi connectivity index (χ1) is 23.8. The van der Waals surface area contributed by atoms with Gasteiger partial charge in [0.2, 0.25) is 0 Å². The first-order valence-corrected chi connectivity index (χ1v) is 16.0. The van der Waals surface area contributed by atoms with Gasteiger partial charge < -0.3 is 0 Å². The van der Waals surface area contributed by atoms with Crippen LogP contribution in [-0.2, 0) is 0 Å². The summed E-state index contributed by atoms with van der Waals surface area (Å²) < 4.78 is 0. The number of fused-ring (bicyclic) bond motifs is 4. The second-order valence-electron chi connectivity index (χ2n) is 11.9. The van der Waals surface area contributed by atoms with Crippen molar-refractivity contribution in [1.29, 1.82) is 0 Å². The van der Waals surface area contributed by atoms with Crippen molar-refractivity contribution >= 4 is 32.4 Å². The smallest absolute Gasteiger partial charge is 0.0780 e. The van der Waals surface area contributed by atoms with Crippen LogP contribution in [0.15, 0.2) is 171 Å². The van der Waals surface area contributed by atoms with Gasteiger partial charge in [-0.1, -0.05) is 97.1 Å². The first kappa shape index (κ1) is 27.8. The van der Waals surface area contributed by atoms with E-state index in [1.807, 2.05) is 61.3 Å². The fourth-order valence-corrected chi connectivity index (χ4v) is 6.81. The largest absolute Gasteiger partial charge is 0.265 e. The molecule has 4 aromatic heterocycles. The van der Waals surface area contributed by atoms with Crippen molar-refractivity contribution < 1.29 is 0 Å². The predicted octanol–water partition coefficient (Wildman–Crippen LogP) is 11.1. The molecule has 9 aromatic rings. The minimum absolute atomic E-state index is 0.905. The Kier molecular flexibility index (Phi) is 6.76. The van der Waals surface area contributed by atoms with Gasteiger partial charge in [0, 0.05) is 52.9 Å². The summed E-state index contributed by atoms with van der Waals surface area (Å²) in [7, 11) is 0. The van der Waals surface area contributed by atoms with Crippen LogP contribution in [0.2, 0.25) is 0 Å². The highest BCUT2D eigenvalue weighted by Gasteiger charge is 2.14. The number of pyridine rings is 4. The SMILES string of the molecule is c1cnc2c(c1)ccc1c(-c3ccc(-c4ccc(-c5cc(-c6ccncc6)nc(-c6ccncc6)c5)c5ccccc45)cc3)cccc12. The molecular formula is C44H28N4. The van der Waals surface area contributed by atoms with Crippen molar-refractivity contribution in [2.24, 2.45) is 0 Å². The van der Waals surface area contributed by atoms with Crippen molar-refractivity contribution in [2.75, 3.05) is 0 Å². The Morgan fingerprint density at radius 1 is 0.333 bits per heavy atom. The van der Waals surface area contributed by atoms with Gasteiger partial charge in [-0.2, -0.15) is 0 Å². The number of nitrogens with zero attached hydrogens (tertiary/aromatic N) is 4. The Bertz CT molecular complexity index is 2540. The zero-order valence-corrected chi connectivity index (χ0v) is 26.0. The van der Waals surface area contributed by atoms with E-state index >= 15 is 0 Å². The highest BCUT2D eigenvalue weighted by molar-refractivity contribution is 6.10. The summed E-state index contributed by atoms with van der Waals surface area (Å²) in [5.41, 5.74) is 11.9. The van der Waals surface area contributed by atoms with Crippen molar-refractivity contribution in [3.8, 4) is 55.9 Å². The van der Waals surface area contributed by atoms with E-state index in [9.17, 15) is 0 Å². The molecule has 0 unspecified atom stereocenters. The summed E-state index contributed by atoms with van der Waals surface area (Å²) in [6.45, 7) is 0. The standard InChI is InChI=1S/C44H28N4/c1-2-7-39-37(34-27-42(31-18-23-45-24-19-31)48-43(28-34)32-20-25-46-26-21-32)17-16-36(38(39)6-1)30-12-10-29(11-13-30)35-8-3-9-41-40(35)15-14-33-5-4-22-47-44(33)41/h1-28H. The van der Waals surface area contributed by atoms with E-state index in [1.54, 1.807) is 0 Å². The minimum Gasteiger partial charge on any atom is -0.265 e. The first-order valence-electron chi connectivity index (χ1n) is 16.0. The maximum Gasteiger partial charge on any atom is 0.0780 e. The van der Waals surface area contributed by atoms with Gasteiger partial charge in [0.25, 0.3) is 0 Å². The molecule has 0 saturated carbocycles. The third-order valence-electron chi connectivity index (χ3n) is 9.15. The molecule has 0 fully saturated rings. The van der Waals surface area contributed by atoms with Crippen LogP contribution in [0.4, 0.5) is 0 Å². The Balaban J connectivity index is 1.15. The molecule has 0 bridgehead atoms. The molecular weight excluding hydrogens is 585 g/mol. The molecule has 4 nitrogen and oxygen atoms in total. The van der Waals surface area contributed by atoms with Gasteiger partial charge in [-0.15, -0.1) is 0 Å². The van der Waals surface area contributed by atoms with Crippen LogP contribution < -0.4 is 0 Å². The Morgan fingerprint density at radius 2 is 0.875 bits per heavy atom. The lowest BCUT2D eigenvalue weighted by atomic mass is 9.90. The molecule has 0 aliphatic rings. The minimum atomic E-state index is 0.905. The van der Waals surface area contributed by atoms with Gasteiger partial charge in [0.15, 0.2) is 0 Å². The van der Waals surface area contributed by atoms with Crippen molar-refractivity contribution in [1.82, 2.24) is 19.9 Å². The predicted molar refractivity (Wildman–Crippen MR) is 197 cm³/mol. The quantitative estimate of drug-likeness (QED) is 0.181. The lowest BCUT2D eigenvalue weighted by molar-refractivity contribution is 1.27. The van der Waals surface area contributed by atoms with Gasteiger partial charge in [-0.05, 0) is 92.0 Å². The Labute approximate surface area is 278 Å². The van der Waals surface area contributed by atoms with E-state index < -0.39 is 0 Å². The molecule has 0 atom stereocenters. The molecule has 224 valence electrons. The number of hydrogen-bond acceptors (Lipinski definition) is 4. The summed E-state index contributed by atoms with van der Waals surface area (Å²) in [5.74, 6) is 0. The zero-order chi connectivity index (χ0) is 31.9. The van der Waals surface area contributed by atoms with E-state index in [1.165, 1.54) is 43.8 Å². The maximum atomic E-state index is 5.05. The molecule has 0 amide bonds. The molecule has 48 heavy (non-hydrogen) atoms. The van der Waals surface area contributed by atoms with Gasteiger partial charge >= 0.3 is 0 Å². The van der Waals surface area contributed by atoms with Gasteiger partial charge in [-0.25, -0.2) is 4.98 Å². The highest BCUT2D eigenvalue weighted by atomic mass is 14.7. The van der Waals surface area contributed by atoms with Crippen molar-refractivity contribution in [3.63, 3.8) is 0 Å². The average Bonchev–Trinajstić information content (AvgIpc) is 3.18. The molecule has 4 heteroatoms. The molecule has 0 saturated heterocycles. The Morgan fingerprint density at radius 3 is 1.50 bits per heavy atom. The van der Waals surface area contributed by atoms with Crippen LogP contribution in [0.25, 0.3) is 88.3 Å². The van der Waals surface area contributed by atoms with Crippen LogP contribution >= 0.6 is 0 Å². The number of benzene rings is 5. The number of rotatable bonds is 5. The summed E-state index contributed by atoms with van der Waals surface area (Å²) in [6, 6.07) is 49.5. The Hall–Kier alpha value is -6.52. The molecule has 5 aromatic carbocycles. The lowest BCUT2D eigenvalue weighted by Crippen LogP contribution is -1.93. The topological polar surface area (TPSA) is 51.6 Å². The lowest BCUT2D eigenvalue weighted by Gasteiger charge is -2.15.